The number of urea groups is 1. The van der Waals surface area contributed by atoms with E-state index >= 15 is 0 Å². The van der Waals surface area contributed by atoms with Gasteiger partial charge in [-0.05, 0) is 75.2 Å². The molecule has 0 unspecified atom stereocenters. The van der Waals surface area contributed by atoms with Gasteiger partial charge >= 0.3 is 18.2 Å². The number of fused-ring (bicyclic) bond motifs is 1. The lowest BCUT2D eigenvalue weighted by Crippen LogP contribution is -2.52. The van der Waals surface area contributed by atoms with E-state index in [1.807, 2.05) is 6.07 Å². The molecule has 208 valence electrons. The summed E-state index contributed by atoms with van der Waals surface area (Å²) < 4.78 is 56.1. The number of likely N-dealkylation sites (N-methyl/N-ethyl adjacent to an activating group) is 1. The summed E-state index contributed by atoms with van der Waals surface area (Å²) in [5.74, 6) is -1.65. The van der Waals surface area contributed by atoms with E-state index in [1.165, 1.54) is 17.7 Å². The Morgan fingerprint density at radius 1 is 1.08 bits per heavy atom. The number of nitrogens with zero attached hydrogens (tertiary/aromatic N) is 1. The zero-order chi connectivity index (χ0) is 28.1. The third-order valence-corrected chi connectivity index (χ3v) is 7.15. The summed E-state index contributed by atoms with van der Waals surface area (Å²) in [5, 5.41) is 12.9. The van der Waals surface area contributed by atoms with Crippen molar-refractivity contribution in [2.24, 2.45) is 0 Å². The maximum Gasteiger partial charge on any atom is 0.490 e. The highest BCUT2D eigenvalue weighted by Crippen LogP contribution is 2.49. The molecule has 0 radical (unpaired) electrons. The summed E-state index contributed by atoms with van der Waals surface area (Å²) in [6.45, 7) is 1.02. The van der Waals surface area contributed by atoms with Gasteiger partial charge in [-0.25, -0.2) is 14.0 Å². The molecule has 4 rings (SSSR count). The van der Waals surface area contributed by atoms with Gasteiger partial charge in [0.05, 0.1) is 14.2 Å². The summed E-state index contributed by atoms with van der Waals surface area (Å²) >= 11 is 0. The van der Waals surface area contributed by atoms with Crippen molar-refractivity contribution < 1.29 is 41.7 Å². The number of halogens is 4. The summed E-state index contributed by atoms with van der Waals surface area (Å²) in [7, 11) is 5.46. The Kier molecular flexibility index (Phi) is 9.08. The largest absolute Gasteiger partial charge is 0.493 e. The van der Waals surface area contributed by atoms with Crippen LogP contribution in [0.4, 0.5) is 28.0 Å². The van der Waals surface area contributed by atoms with Gasteiger partial charge in [0.1, 0.15) is 5.82 Å². The summed E-state index contributed by atoms with van der Waals surface area (Å²) in [6.07, 6.45) is -1.29. The van der Waals surface area contributed by atoms with Crippen molar-refractivity contribution >= 4 is 17.7 Å². The van der Waals surface area contributed by atoms with Crippen LogP contribution in [0.15, 0.2) is 42.5 Å². The zero-order valence-electron chi connectivity index (χ0n) is 21.3. The molecule has 3 N–H and O–H groups in total. The van der Waals surface area contributed by atoms with Crippen LogP contribution in [0.1, 0.15) is 31.2 Å². The molecule has 2 fully saturated rings. The van der Waals surface area contributed by atoms with Gasteiger partial charge in [0, 0.05) is 23.2 Å². The van der Waals surface area contributed by atoms with E-state index in [9.17, 15) is 22.4 Å². The fourth-order valence-corrected chi connectivity index (χ4v) is 5.31. The van der Waals surface area contributed by atoms with Crippen molar-refractivity contribution in [3.63, 3.8) is 0 Å². The van der Waals surface area contributed by atoms with E-state index in [-0.39, 0.29) is 23.3 Å². The van der Waals surface area contributed by atoms with Crippen LogP contribution in [0.5, 0.6) is 11.5 Å². The zero-order valence-corrected chi connectivity index (χ0v) is 21.3. The van der Waals surface area contributed by atoms with E-state index in [2.05, 4.69) is 34.7 Å². The Balaban J connectivity index is 0.000000505. The minimum absolute atomic E-state index is 0.0333. The number of carboxylic acid groups (broad SMARTS) is 1. The monoisotopic (exact) mass is 541 g/mol. The predicted octanol–water partition coefficient (Wildman–Crippen LogP) is 4.79. The second kappa shape index (κ2) is 11.9. The Hall–Kier alpha value is -3.54. The smallest absolute Gasteiger partial charge is 0.490 e. The first-order chi connectivity index (χ1) is 17.9. The molecule has 38 heavy (non-hydrogen) atoms. The lowest BCUT2D eigenvalue weighted by Gasteiger charge is -2.45. The SMILES string of the molecule is COc1ccc([C@@]23CC[C@@H](NC(=O)Nc4cccc(F)c4)C[C@@H]2N(C)CC3)cc1OC.O=C(O)C(F)(F)F. The number of anilines is 1. The molecule has 12 heteroatoms. The van der Waals surface area contributed by atoms with Gasteiger partial charge in [0.15, 0.2) is 11.5 Å². The van der Waals surface area contributed by atoms with E-state index in [1.54, 1.807) is 26.4 Å². The van der Waals surface area contributed by atoms with Gasteiger partial charge < -0.3 is 30.1 Å². The lowest BCUT2D eigenvalue weighted by molar-refractivity contribution is -0.192. The van der Waals surface area contributed by atoms with Crippen molar-refractivity contribution in [1.82, 2.24) is 10.2 Å². The standard InChI is InChI=1S/C24H30FN3O3.C2HF3O2/c1-28-12-11-24(16-7-8-20(30-2)21(13-16)31-3)10-9-19(15-22(24)28)27-23(29)26-18-6-4-5-17(25)14-18;3-2(4,5)1(6)7/h4-8,13-14,19,22H,9-12,15H2,1-3H3,(H2,26,27,29);(H,6,7)/t19-,22+,24+;/m1./s1. The van der Waals surface area contributed by atoms with Gasteiger partial charge in [-0.15, -0.1) is 0 Å². The van der Waals surface area contributed by atoms with Crippen LogP contribution in [0.2, 0.25) is 0 Å². The number of carbonyl (C=O) groups excluding carboxylic acids is 1. The Morgan fingerprint density at radius 3 is 2.37 bits per heavy atom. The number of amides is 2. The van der Waals surface area contributed by atoms with Gasteiger partial charge in [-0.2, -0.15) is 13.2 Å². The number of hydrogen-bond acceptors (Lipinski definition) is 5. The summed E-state index contributed by atoms with van der Waals surface area (Å²) in [4.78, 5) is 23.8. The van der Waals surface area contributed by atoms with E-state index in [0.717, 1.165) is 43.7 Å². The van der Waals surface area contributed by atoms with Crippen LogP contribution < -0.4 is 20.1 Å². The molecular formula is C26H31F4N3O5. The van der Waals surface area contributed by atoms with Crippen molar-refractivity contribution in [2.45, 2.75) is 49.4 Å². The number of hydrogen-bond donors (Lipinski definition) is 3. The van der Waals surface area contributed by atoms with Crippen LogP contribution in [0.25, 0.3) is 0 Å². The van der Waals surface area contributed by atoms with Crippen LogP contribution in [0.3, 0.4) is 0 Å². The molecular weight excluding hydrogens is 510 g/mol. The molecule has 8 nitrogen and oxygen atoms in total. The second-order valence-corrected chi connectivity index (χ2v) is 9.36. The average molecular weight is 542 g/mol. The third kappa shape index (κ3) is 6.66. The predicted molar refractivity (Wildman–Crippen MR) is 132 cm³/mol. The molecule has 2 aromatic rings. The van der Waals surface area contributed by atoms with Crippen molar-refractivity contribution in [3.05, 3.63) is 53.8 Å². The molecule has 1 saturated heterocycles. The molecule has 0 bridgehead atoms. The molecule has 2 amide bonds. The molecule has 1 aliphatic heterocycles. The first kappa shape index (κ1) is 29.0. The lowest BCUT2D eigenvalue weighted by atomic mass is 9.65. The number of carboxylic acids is 1. The second-order valence-electron chi connectivity index (χ2n) is 9.36. The highest BCUT2D eigenvalue weighted by Gasteiger charge is 2.50. The number of likely N-dealkylation sites (tertiary alicyclic amines) is 1. The Morgan fingerprint density at radius 2 is 1.76 bits per heavy atom. The fourth-order valence-electron chi connectivity index (χ4n) is 5.31. The minimum Gasteiger partial charge on any atom is -0.493 e. The number of carbonyl (C=O) groups is 2. The van der Waals surface area contributed by atoms with Gasteiger partial charge in [0.25, 0.3) is 0 Å². The topological polar surface area (TPSA) is 100 Å². The van der Waals surface area contributed by atoms with Crippen molar-refractivity contribution in [1.29, 1.82) is 0 Å². The van der Waals surface area contributed by atoms with E-state index in [0.29, 0.717) is 11.7 Å². The van der Waals surface area contributed by atoms with Gasteiger partial charge in [0.2, 0.25) is 0 Å². The highest BCUT2D eigenvalue weighted by atomic mass is 19.4. The summed E-state index contributed by atoms with van der Waals surface area (Å²) in [5.41, 5.74) is 1.75. The van der Waals surface area contributed by atoms with Crippen LogP contribution >= 0.6 is 0 Å². The molecule has 2 aromatic carbocycles. The van der Waals surface area contributed by atoms with E-state index in [4.69, 9.17) is 19.4 Å². The summed E-state index contributed by atoms with van der Waals surface area (Å²) in [6, 6.07) is 12.2. The molecule has 3 atom stereocenters. The number of nitrogens with one attached hydrogen (secondary N) is 2. The minimum atomic E-state index is -5.08. The number of benzene rings is 2. The normalized spacial score (nSPS) is 22.9. The first-order valence-corrected chi connectivity index (χ1v) is 12.0. The van der Waals surface area contributed by atoms with Crippen LogP contribution in [0, 0.1) is 5.82 Å². The van der Waals surface area contributed by atoms with Gasteiger partial charge in [-0.3, -0.25) is 0 Å². The van der Waals surface area contributed by atoms with Crippen LogP contribution in [-0.4, -0.2) is 68.1 Å². The quantitative estimate of drug-likeness (QED) is 0.471. The highest BCUT2D eigenvalue weighted by molar-refractivity contribution is 5.89. The number of rotatable bonds is 5. The number of aliphatic carboxylic acids is 1. The maximum absolute atomic E-state index is 13.4. The molecule has 1 heterocycles. The van der Waals surface area contributed by atoms with Crippen molar-refractivity contribution in [2.75, 3.05) is 33.1 Å². The van der Waals surface area contributed by atoms with Crippen molar-refractivity contribution in [3.8, 4) is 11.5 Å². The van der Waals surface area contributed by atoms with Gasteiger partial charge in [-0.1, -0.05) is 12.1 Å². The number of methoxy groups -OCH3 is 2. The average Bonchev–Trinajstić information content (AvgIpc) is 3.20. The third-order valence-electron chi connectivity index (χ3n) is 7.15. The molecule has 0 aromatic heterocycles. The molecule has 0 spiro atoms. The molecule has 2 aliphatic rings. The number of alkyl halides is 3. The fraction of sp³-hybridized carbons (Fsp3) is 0.462. The number of ether oxygens (including phenoxy) is 2. The molecule has 1 aliphatic carbocycles. The van der Waals surface area contributed by atoms with Crippen LogP contribution in [-0.2, 0) is 10.2 Å². The first-order valence-electron chi connectivity index (χ1n) is 12.0. The maximum atomic E-state index is 13.4. The van der Waals surface area contributed by atoms with E-state index < -0.39 is 12.1 Å². The Labute approximate surface area is 217 Å². The Bertz CT molecular complexity index is 1150. The molecule has 1 saturated carbocycles.